The van der Waals surface area contributed by atoms with Crippen molar-refractivity contribution < 1.29 is 13.5 Å². The molecule has 1 heterocycles. The fourth-order valence-corrected chi connectivity index (χ4v) is 1.88. The molecule has 2 aromatic rings. The molecule has 0 amide bonds. The Morgan fingerprint density at radius 1 is 1.26 bits per heavy atom. The average Bonchev–Trinajstić information content (AvgIpc) is 2.44. The highest BCUT2D eigenvalue weighted by Crippen LogP contribution is 2.29. The molecule has 0 aliphatic heterocycles. The topological polar surface area (TPSA) is 60.2 Å². The first-order valence-corrected chi connectivity index (χ1v) is 5.57. The minimum absolute atomic E-state index is 0.0915. The number of nitrogens with one attached hydrogen (secondary N) is 1. The molecule has 6 heteroatoms. The van der Waals surface area contributed by atoms with Gasteiger partial charge in [0.2, 0.25) is 5.88 Å². The molecular weight excluding hydrogens is 252 g/mol. The number of nitrogens with zero attached hydrogens (tertiary/aromatic N) is 1. The maximum Gasteiger partial charge on any atom is 0.218 e. The van der Waals surface area contributed by atoms with Crippen LogP contribution in [0.2, 0.25) is 0 Å². The van der Waals surface area contributed by atoms with Gasteiger partial charge in [-0.2, -0.15) is 0 Å². The zero-order valence-electron chi connectivity index (χ0n) is 10.2. The van der Waals surface area contributed by atoms with Gasteiger partial charge in [0.1, 0.15) is 11.6 Å². The van der Waals surface area contributed by atoms with Gasteiger partial charge in [0.25, 0.3) is 0 Å². The quantitative estimate of drug-likeness (QED) is 0.655. The van der Waals surface area contributed by atoms with Crippen LogP contribution in [0.4, 0.5) is 8.78 Å². The molecule has 0 bridgehead atoms. The molecule has 1 aromatic heterocycles. The van der Waals surface area contributed by atoms with Crippen molar-refractivity contribution in [2.45, 2.75) is 6.04 Å². The van der Waals surface area contributed by atoms with Crippen molar-refractivity contribution in [2.24, 2.45) is 5.84 Å². The second-order valence-corrected chi connectivity index (χ2v) is 3.87. The molecule has 0 saturated heterocycles. The second kappa shape index (κ2) is 5.73. The summed E-state index contributed by atoms with van der Waals surface area (Å²) in [4.78, 5) is 4.01. The van der Waals surface area contributed by atoms with Crippen molar-refractivity contribution in [3.63, 3.8) is 0 Å². The van der Waals surface area contributed by atoms with Gasteiger partial charge in [0, 0.05) is 17.3 Å². The summed E-state index contributed by atoms with van der Waals surface area (Å²) in [6, 6.07) is 5.79. The van der Waals surface area contributed by atoms with E-state index in [2.05, 4.69) is 10.4 Å². The van der Waals surface area contributed by atoms with Gasteiger partial charge in [0.15, 0.2) is 0 Å². The maximum atomic E-state index is 13.8. The summed E-state index contributed by atoms with van der Waals surface area (Å²) in [7, 11) is 1.45. The van der Waals surface area contributed by atoms with Crippen LogP contribution in [0.1, 0.15) is 17.2 Å². The van der Waals surface area contributed by atoms with Crippen molar-refractivity contribution >= 4 is 0 Å². The van der Waals surface area contributed by atoms with E-state index in [0.717, 1.165) is 18.2 Å². The normalized spacial score (nSPS) is 12.2. The highest BCUT2D eigenvalue weighted by Gasteiger charge is 2.21. The first kappa shape index (κ1) is 13.4. The third-order valence-corrected chi connectivity index (χ3v) is 2.74. The molecular formula is C13H13F2N3O. The zero-order valence-corrected chi connectivity index (χ0v) is 10.2. The molecule has 0 radical (unpaired) electrons. The maximum absolute atomic E-state index is 13.8. The van der Waals surface area contributed by atoms with Crippen molar-refractivity contribution in [1.29, 1.82) is 0 Å². The zero-order chi connectivity index (χ0) is 13.8. The van der Waals surface area contributed by atoms with E-state index >= 15 is 0 Å². The lowest BCUT2D eigenvalue weighted by atomic mass is 9.99. The number of hydrogen-bond donors (Lipinski definition) is 2. The Balaban J connectivity index is 2.53. The number of ether oxygens (including phenoxy) is 1. The lowest BCUT2D eigenvalue weighted by Gasteiger charge is -2.19. The third-order valence-electron chi connectivity index (χ3n) is 2.74. The van der Waals surface area contributed by atoms with Crippen LogP contribution in [0.25, 0.3) is 0 Å². The van der Waals surface area contributed by atoms with Gasteiger partial charge in [-0.3, -0.25) is 5.84 Å². The van der Waals surface area contributed by atoms with Gasteiger partial charge < -0.3 is 4.74 Å². The van der Waals surface area contributed by atoms with Crippen molar-refractivity contribution in [3.05, 3.63) is 59.3 Å². The molecule has 100 valence electrons. The molecule has 4 nitrogen and oxygen atoms in total. The van der Waals surface area contributed by atoms with Gasteiger partial charge in [-0.15, -0.1) is 0 Å². The highest BCUT2D eigenvalue weighted by atomic mass is 19.1. The summed E-state index contributed by atoms with van der Waals surface area (Å²) < 4.78 is 32.2. The van der Waals surface area contributed by atoms with E-state index in [9.17, 15) is 8.78 Å². The van der Waals surface area contributed by atoms with Crippen LogP contribution in [-0.2, 0) is 0 Å². The number of methoxy groups -OCH3 is 1. The molecule has 0 aliphatic carbocycles. The lowest BCUT2D eigenvalue weighted by molar-refractivity contribution is 0.386. The minimum atomic E-state index is -0.751. The predicted octanol–water partition coefficient (Wildman–Crippen LogP) is 1.92. The van der Waals surface area contributed by atoms with E-state index in [0.29, 0.717) is 11.4 Å². The SMILES string of the molecule is COc1ncccc1C(NN)c1cc(F)ccc1F. The van der Waals surface area contributed by atoms with Crippen LogP contribution in [0, 0.1) is 11.6 Å². The number of aromatic nitrogens is 1. The number of hydrazine groups is 1. The van der Waals surface area contributed by atoms with Crippen molar-refractivity contribution in [1.82, 2.24) is 10.4 Å². The second-order valence-electron chi connectivity index (χ2n) is 3.87. The molecule has 19 heavy (non-hydrogen) atoms. The molecule has 0 fully saturated rings. The Bertz CT molecular complexity index is 578. The lowest BCUT2D eigenvalue weighted by Crippen LogP contribution is -2.30. The molecule has 3 N–H and O–H groups in total. The third kappa shape index (κ3) is 2.69. The van der Waals surface area contributed by atoms with E-state index in [4.69, 9.17) is 10.6 Å². The Kier molecular flexibility index (Phi) is 4.03. The molecule has 0 spiro atoms. The summed E-state index contributed by atoms with van der Waals surface area (Å²) in [5.74, 6) is 4.65. The Hall–Kier alpha value is -2.05. The van der Waals surface area contributed by atoms with E-state index in [1.165, 1.54) is 13.3 Å². The fourth-order valence-electron chi connectivity index (χ4n) is 1.88. The number of nitrogens with two attached hydrogens (primary N) is 1. The number of pyridine rings is 1. The van der Waals surface area contributed by atoms with Gasteiger partial charge in [-0.1, -0.05) is 6.07 Å². The smallest absolute Gasteiger partial charge is 0.218 e. The van der Waals surface area contributed by atoms with Crippen LogP contribution in [0.15, 0.2) is 36.5 Å². The Labute approximate surface area is 109 Å². The van der Waals surface area contributed by atoms with E-state index in [-0.39, 0.29) is 5.56 Å². The fraction of sp³-hybridized carbons (Fsp3) is 0.154. The largest absolute Gasteiger partial charge is 0.481 e. The van der Waals surface area contributed by atoms with Crippen LogP contribution in [0.5, 0.6) is 5.88 Å². The van der Waals surface area contributed by atoms with Crippen LogP contribution in [0.3, 0.4) is 0 Å². The Morgan fingerprint density at radius 2 is 2.05 bits per heavy atom. The predicted molar refractivity (Wildman–Crippen MR) is 66.3 cm³/mol. The highest BCUT2D eigenvalue weighted by molar-refractivity contribution is 5.38. The molecule has 1 unspecified atom stereocenters. The summed E-state index contributed by atoms with van der Waals surface area (Å²) in [6.07, 6.45) is 1.54. The van der Waals surface area contributed by atoms with Crippen molar-refractivity contribution in [2.75, 3.05) is 7.11 Å². The van der Waals surface area contributed by atoms with Gasteiger partial charge in [-0.25, -0.2) is 19.2 Å². The molecule has 1 aromatic carbocycles. The summed E-state index contributed by atoms with van der Waals surface area (Å²) in [5.41, 5.74) is 3.07. The first-order chi connectivity index (χ1) is 9.17. The van der Waals surface area contributed by atoms with Crippen LogP contribution >= 0.6 is 0 Å². The number of rotatable bonds is 4. The summed E-state index contributed by atoms with van der Waals surface area (Å²) in [6.45, 7) is 0. The van der Waals surface area contributed by atoms with Gasteiger partial charge in [-0.05, 0) is 24.3 Å². The molecule has 2 rings (SSSR count). The van der Waals surface area contributed by atoms with Gasteiger partial charge in [0.05, 0.1) is 13.2 Å². The van der Waals surface area contributed by atoms with E-state index < -0.39 is 17.7 Å². The van der Waals surface area contributed by atoms with Crippen LogP contribution < -0.4 is 16.0 Å². The molecule has 0 saturated carbocycles. The summed E-state index contributed by atoms with van der Waals surface area (Å²) >= 11 is 0. The number of benzene rings is 1. The van der Waals surface area contributed by atoms with Crippen LogP contribution in [-0.4, -0.2) is 12.1 Å². The number of hydrogen-bond acceptors (Lipinski definition) is 4. The monoisotopic (exact) mass is 265 g/mol. The van der Waals surface area contributed by atoms with E-state index in [1.54, 1.807) is 12.1 Å². The number of halogens is 2. The minimum Gasteiger partial charge on any atom is -0.481 e. The molecule has 1 atom stereocenters. The average molecular weight is 265 g/mol. The van der Waals surface area contributed by atoms with E-state index in [1.807, 2.05) is 0 Å². The summed E-state index contributed by atoms with van der Waals surface area (Å²) in [5, 5.41) is 0. The Morgan fingerprint density at radius 3 is 2.74 bits per heavy atom. The van der Waals surface area contributed by atoms with Crippen molar-refractivity contribution in [3.8, 4) is 5.88 Å². The molecule has 0 aliphatic rings. The van der Waals surface area contributed by atoms with Gasteiger partial charge >= 0.3 is 0 Å². The standard InChI is InChI=1S/C13H13F2N3O/c1-19-13-9(3-2-6-17-13)12(18-16)10-7-8(14)4-5-11(10)15/h2-7,12,18H,16H2,1H3. The first-order valence-electron chi connectivity index (χ1n) is 5.57.